The molecule has 2 aromatic carbocycles. The number of rotatable bonds is 8. The van der Waals surface area contributed by atoms with Gasteiger partial charge in [0.2, 0.25) is 5.91 Å². The van der Waals surface area contributed by atoms with Gasteiger partial charge in [-0.15, -0.1) is 0 Å². The van der Waals surface area contributed by atoms with Crippen LogP contribution in [0.4, 0.5) is 4.39 Å². The number of nitrogens with two attached hydrogens (primary N) is 1. The zero-order chi connectivity index (χ0) is 24.6. The fraction of sp³-hybridized carbons (Fsp3) is 0.379. The smallest absolute Gasteiger partial charge is 0.217 e. The van der Waals surface area contributed by atoms with E-state index in [1.807, 2.05) is 23.0 Å². The van der Waals surface area contributed by atoms with Crippen LogP contribution in [-0.2, 0) is 24.1 Å². The highest BCUT2D eigenvalue weighted by Gasteiger charge is 2.56. The van der Waals surface area contributed by atoms with E-state index in [-0.39, 0.29) is 17.1 Å². The van der Waals surface area contributed by atoms with Crippen molar-refractivity contribution >= 4 is 12.0 Å². The van der Waals surface area contributed by atoms with E-state index in [2.05, 4.69) is 30.2 Å². The molecule has 0 saturated heterocycles. The number of aliphatic hydroxyl groups is 1. The topological polar surface area (TPSA) is 81.1 Å². The SMILES string of the molecule is CC[C@]12Cc3cnn(-c4ccc(F)cc4)c3C=C1CC[C@@]2(O)CCc1ccccc1CCC(N)=O. The summed E-state index contributed by atoms with van der Waals surface area (Å²) < 4.78 is 15.3. The fourth-order valence-corrected chi connectivity index (χ4v) is 6.26. The highest BCUT2D eigenvalue weighted by Crippen LogP contribution is 2.59. The summed E-state index contributed by atoms with van der Waals surface area (Å²) in [5.41, 5.74) is 10.8. The van der Waals surface area contributed by atoms with Crippen molar-refractivity contribution in [1.29, 1.82) is 0 Å². The quantitative estimate of drug-likeness (QED) is 0.487. The number of hydrogen-bond acceptors (Lipinski definition) is 3. The number of aryl methyl sites for hydroxylation is 2. The van der Waals surface area contributed by atoms with Crippen LogP contribution in [0.25, 0.3) is 11.8 Å². The minimum atomic E-state index is -0.819. The van der Waals surface area contributed by atoms with E-state index in [0.717, 1.165) is 54.6 Å². The zero-order valence-electron chi connectivity index (χ0n) is 20.1. The summed E-state index contributed by atoms with van der Waals surface area (Å²) in [6.45, 7) is 2.17. The lowest BCUT2D eigenvalue weighted by Gasteiger charge is -2.45. The average molecular weight is 474 g/mol. The molecule has 5 rings (SSSR count). The summed E-state index contributed by atoms with van der Waals surface area (Å²) in [5.74, 6) is -0.566. The number of benzene rings is 2. The standard InChI is InChI=1S/C29H32FN3O2/c1-2-28-18-22-19-32-33(25-10-8-24(30)9-11-25)26(22)17-23(28)14-16-29(28,35)15-13-21-6-4-3-5-20(21)7-12-27(31)34/h3-6,8-11,17,19,35H,2,7,12-16,18H2,1H3,(H2,31,34)/t28-,29-/m0/s1. The van der Waals surface area contributed by atoms with Crippen LogP contribution < -0.4 is 5.73 Å². The largest absolute Gasteiger partial charge is 0.389 e. The van der Waals surface area contributed by atoms with Gasteiger partial charge < -0.3 is 10.8 Å². The zero-order valence-corrected chi connectivity index (χ0v) is 20.1. The van der Waals surface area contributed by atoms with Crippen LogP contribution in [0.1, 0.15) is 61.4 Å². The number of carbonyl (C=O) groups is 1. The maximum Gasteiger partial charge on any atom is 0.217 e. The van der Waals surface area contributed by atoms with Crippen molar-refractivity contribution in [3.63, 3.8) is 0 Å². The van der Waals surface area contributed by atoms with Crippen LogP contribution in [0.3, 0.4) is 0 Å². The molecule has 182 valence electrons. The van der Waals surface area contributed by atoms with Crippen LogP contribution in [0.2, 0.25) is 0 Å². The highest BCUT2D eigenvalue weighted by atomic mass is 19.1. The molecule has 2 aliphatic rings. The number of hydrogen-bond donors (Lipinski definition) is 2. The van der Waals surface area contributed by atoms with E-state index in [0.29, 0.717) is 19.3 Å². The number of primary amides is 1. The van der Waals surface area contributed by atoms with Gasteiger partial charge in [0.05, 0.1) is 23.2 Å². The van der Waals surface area contributed by atoms with Crippen LogP contribution in [0, 0.1) is 11.2 Å². The molecular weight excluding hydrogens is 441 g/mol. The van der Waals surface area contributed by atoms with E-state index >= 15 is 0 Å². The number of nitrogens with zero attached hydrogens (tertiary/aromatic N) is 2. The lowest BCUT2D eigenvalue weighted by atomic mass is 9.63. The maximum atomic E-state index is 13.4. The Morgan fingerprint density at radius 2 is 1.86 bits per heavy atom. The second-order valence-corrected chi connectivity index (χ2v) is 9.99. The van der Waals surface area contributed by atoms with Gasteiger partial charge in [-0.2, -0.15) is 5.10 Å². The Kier molecular flexibility index (Phi) is 6.09. The van der Waals surface area contributed by atoms with E-state index in [9.17, 15) is 14.3 Å². The first-order valence-corrected chi connectivity index (χ1v) is 12.5. The predicted molar refractivity (Wildman–Crippen MR) is 134 cm³/mol. The molecule has 0 spiro atoms. The Balaban J connectivity index is 1.42. The summed E-state index contributed by atoms with van der Waals surface area (Å²) in [6.07, 6.45) is 9.62. The first kappa shape index (κ1) is 23.5. The number of amides is 1. The van der Waals surface area contributed by atoms with Gasteiger partial charge in [-0.25, -0.2) is 9.07 Å². The second-order valence-electron chi connectivity index (χ2n) is 9.99. The first-order valence-electron chi connectivity index (χ1n) is 12.5. The molecule has 0 unspecified atom stereocenters. The third kappa shape index (κ3) is 4.10. The molecular formula is C29H32FN3O2. The van der Waals surface area contributed by atoms with Gasteiger partial charge in [-0.1, -0.05) is 36.8 Å². The predicted octanol–water partition coefficient (Wildman–Crippen LogP) is 4.92. The molecule has 0 aliphatic heterocycles. The van der Waals surface area contributed by atoms with E-state index in [1.54, 1.807) is 12.1 Å². The van der Waals surface area contributed by atoms with Crippen molar-refractivity contribution in [2.75, 3.05) is 0 Å². The molecule has 1 aromatic heterocycles. The first-order chi connectivity index (χ1) is 16.8. The third-order valence-corrected chi connectivity index (χ3v) is 8.24. The molecule has 2 atom stereocenters. The van der Waals surface area contributed by atoms with Crippen LogP contribution in [0.15, 0.2) is 60.3 Å². The van der Waals surface area contributed by atoms with E-state index in [4.69, 9.17) is 5.73 Å². The Bertz CT molecular complexity index is 1280. The van der Waals surface area contributed by atoms with Crippen molar-refractivity contribution in [2.45, 2.75) is 63.9 Å². The van der Waals surface area contributed by atoms with Crippen molar-refractivity contribution in [2.24, 2.45) is 11.1 Å². The Morgan fingerprint density at radius 3 is 2.54 bits per heavy atom. The summed E-state index contributed by atoms with van der Waals surface area (Å²) in [7, 11) is 0. The molecule has 1 fully saturated rings. The normalized spacial score (nSPS) is 23.0. The molecule has 1 saturated carbocycles. The van der Waals surface area contributed by atoms with Gasteiger partial charge in [0.15, 0.2) is 0 Å². The molecule has 1 heterocycles. The molecule has 0 radical (unpaired) electrons. The Labute approximate surface area is 205 Å². The van der Waals surface area contributed by atoms with Gasteiger partial charge in [-0.05, 0) is 92.0 Å². The average Bonchev–Trinajstić information content (AvgIpc) is 3.39. The summed E-state index contributed by atoms with van der Waals surface area (Å²) in [5, 5.41) is 16.7. The van der Waals surface area contributed by atoms with Crippen LogP contribution in [-0.4, -0.2) is 26.4 Å². The Hall–Kier alpha value is -3.25. The summed E-state index contributed by atoms with van der Waals surface area (Å²) >= 11 is 0. The lowest BCUT2D eigenvalue weighted by molar-refractivity contribution is -0.118. The fourth-order valence-electron chi connectivity index (χ4n) is 6.26. The molecule has 0 bridgehead atoms. The molecule has 3 N–H and O–H groups in total. The molecule has 1 amide bonds. The van der Waals surface area contributed by atoms with Crippen LogP contribution in [0.5, 0.6) is 0 Å². The van der Waals surface area contributed by atoms with Gasteiger partial charge >= 0.3 is 0 Å². The van der Waals surface area contributed by atoms with Crippen molar-refractivity contribution < 1.29 is 14.3 Å². The number of halogens is 1. The summed E-state index contributed by atoms with van der Waals surface area (Å²) in [6, 6.07) is 14.5. The Morgan fingerprint density at radius 1 is 1.14 bits per heavy atom. The van der Waals surface area contributed by atoms with E-state index < -0.39 is 5.60 Å². The minimum Gasteiger partial charge on any atom is -0.389 e. The highest BCUT2D eigenvalue weighted by molar-refractivity contribution is 5.74. The monoisotopic (exact) mass is 473 g/mol. The van der Waals surface area contributed by atoms with Crippen molar-refractivity contribution in [3.05, 3.63) is 88.5 Å². The van der Waals surface area contributed by atoms with Crippen molar-refractivity contribution in [1.82, 2.24) is 9.78 Å². The second kappa shape index (κ2) is 9.08. The third-order valence-electron chi connectivity index (χ3n) is 8.24. The lowest BCUT2D eigenvalue weighted by Crippen LogP contribution is -2.47. The van der Waals surface area contributed by atoms with Gasteiger partial charge in [0.1, 0.15) is 5.82 Å². The summed E-state index contributed by atoms with van der Waals surface area (Å²) in [4.78, 5) is 11.3. The minimum absolute atomic E-state index is 0.268. The molecule has 35 heavy (non-hydrogen) atoms. The number of carbonyl (C=O) groups excluding carboxylic acids is 1. The van der Waals surface area contributed by atoms with Gasteiger partial charge in [0, 0.05) is 11.8 Å². The number of aromatic nitrogens is 2. The van der Waals surface area contributed by atoms with Gasteiger partial charge in [-0.3, -0.25) is 4.79 Å². The van der Waals surface area contributed by atoms with Crippen molar-refractivity contribution in [3.8, 4) is 5.69 Å². The van der Waals surface area contributed by atoms with Crippen LogP contribution >= 0.6 is 0 Å². The molecule has 5 nitrogen and oxygen atoms in total. The molecule has 3 aromatic rings. The maximum absolute atomic E-state index is 13.4. The van der Waals surface area contributed by atoms with Gasteiger partial charge in [0.25, 0.3) is 0 Å². The number of fused-ring (bicyclic) bond motifs is 2. The van der Waals surface area contributed by atoms with E-state index in [1.165, 1.54) is 23.3 Å². The molecule has 6 heteroatoms. The molecule has 2 aliphatic carbocycles.